The van der Waals surface area contributed by atoms with Crippen molar-refractivity contribution in [1.82, 2.24) is 4.98 Å². The zero-order valence-electron chi connectivity index (χ0n) is 9.86. The Kier molecular flexibility index (Phi) is 3.06. The van der Waals surface area contributed by atoms with Gasteiger partial charge in [0.15, 0.2) is 5.78 Å². The Labute approximate surface area is 102 Å². The van der Waals surface area contributed by atoms with Gasteiger partial charge in [-0.3, -0.25) is 4.79 Å². The van der Waals surface area contributed by atoms with Crippen LogP contribution in [0.15, 0.2) is 24.3 Å². The average Bonchev–Trinajstić information content (AvgIpc) is 2.36. The summed E-state index contributed by atoms with van der Waals surface area (Å²) >= 11 is 0. The van der Waals surface area contributed by atoms with Gasteiger partial charge in [-0.2, -0.15) is 0 Å². The number of fused-ring (bicyclic) bond motifs is 1. The molecule has 1 heterocycles. The van der Waals surface area contributed by atoms with Crippen LogP contribution in [0.25, 0.3) is 10.9 Å². The number of carbonyl (C=O) groups excluding carboxylic acids is 2. The third kappa shape index (κ3) is 2.07. The van der Waals surface area contributed by atoms with Gasteiger partial charge in [0.25, 0.3) is 0 Å². The van der Waals surface area contributed by atoms with Gasteiger partial charge < -0.3 is 4.74 Å². The normalized spacial score (nSPS) is 10.4. The molecule has 0 spiro atoms. The van der Waals surface area contributed by atoms with Crippen LogP contribution in [0, 0.1) is 5.82 Å². The Balaban J connectivity index is 2.78. The number of ether oxygens (including phenoxy) is 1. The number of carbonyl (C=O) groups is 2. The van der Waals surface area contributed by atoms with Crippen LogP contribution in [-0.4, -0.2) is 23.8 Å². The zero-order valence-corrected chi connectivity index (χ0v) is 9.86. The predicted molar refractivity (Wildman–Crippen MR) is 63.0 cm³/mol. The van der Waals surface area contributed by atoms with Crippen molar-refractivity contribution in [3.8, 4) is 0 Å². The number of nitrogens with zero attached hydrogens (tertiary/aromatic N) is 1. The van der Waals surface area contributed by atoms with Gasteiger partial charge in [0, 0.05) is 10.9 Å². The first-order chi connectivity index (χ1) is 8.52. The largest absolute Gasteiger partial charge is 0.464 e. The van der Waals surface area contributed by atoms with Gasteiger partial charge in [-0.05, 0) is 31.2 Å². The molecule has 2 aromatic rings. The highest BCUT2D eigenvalue weighted by Gasteiger charge is 2.15. The highest BCUT2D eigenvalue weighted by Crippen LogP contribution is 2.20. The molecule has 0 N–H and O–H groups in total. The minimum Gasteiger partial charge on any atom is -0.464 e. The lowest BCUT2D eigenvalue weighted by Crippen LogP contribution is -2.07. The Morgan fingerprint density at radius 2 is 2.00 bits per heavy atom. The highest BCUT2D eigenvalue weighted by atomic mass is 19.1. The number of aromatic nitrogens is 1. The summed E-state index contributed by atoms with van der Waals surface area (Å²) in [4.78, 5) is 27.0. The number of Topliss-reactive ketones (excluding diaryl/α,β-unsaturated/α-hetero) is 1. The number of halogens is 1. The lowest BCUT2D eigenvalue weighted by atomic mass is 10.0. The van der Waals surface area contributed by atoms with Crippen LogP contribution in [0.3, 0.4) is 0 Å². The molecule has 4 nitrogen and oxygen atoms in total. The summed E-state index contributed by atoms with van der Waals surface area (Å²) in [6.45, 7) is 1.35. The van der Waals surface area contributed by atoms with Crippen molar-refractivity contribution < 1.29 is 18.7 Å². The van der Waals surface area contributed by atoms with E-state index in [1.54, 1.807) is 0 Å². The maximum absolute atomic E-state index is 13.2. The van der Waals surface area contributed by atoms with E-state index in [-0.39, 0.29) is 17.0 Å². The molecule has 0 aliphatic carbocycles. The van der Waals surface area contributed by atoms with Gasteiger partial charge in [-0.1, -0.05) is 0 Å². The van der Waals surface area contributed by atoms with E-state index in [1.165, 1.54) is 38.3 Å². The van der Waals surface area contributed by atoms with Crippen LogP contribution >= 0.6 is 0 Å². The van der Waals surface area contributed by atoms with Gasteiger partial charge in [0.05, 0.1) is 12.6 Å². The number of methoxy groups -OCH3 is 1. The monoisotopic (exact) mass is 247 g/mol. The van der Waals surface area contributed by atoms with Crippen molar-refractivity contribution in [2.75, 3.05) is 7.11 Å². The van der Waals surface area contributed by atoms with E-state index in [9.17, 15) is 14.0 Å². The van der Waals surface area contributed by atoms with Crippen LogP contribution < -0.4 is 0 Å². The SMILES string of the molecule is COC(=O)c1cc(C(C)=O)c2cc(F)ccc2n1. The van der Waals surface area contributed by atoms with Crippen molar-refractivity contribution in [2.24, 2.45) is 0 Å². The molecule has 1 aromatic heterocycles. The number of hydrogen-bond acceptors (Lipinski definition) is 4. The summed E-state index contributed by atoms with van der Waals surface area (Å²) in [6.07, 6.45) is 0. The van der Waals surface area contributed by atoms with Crippen molar-refractivity contribution in [3.63, 3.8) is 0 Å². The number of benzene rings is 1. The lowest BCUT2D eigenvalue weighted by molar-refractivity contribution is 0.0594. The van der Waals surface area contributed by atoms with Crippen molar-refractivity contribution in [2.45, 2.75) is 6.92 Å². The second kappa shape index (κ2) is 4.52. The van der Waals surface area contributed by atoms with Gasteiger partial charge in [-0.25, -0.2) is 14.2 Å². The van der Waals surface area contributed by atoms with Gasteiger partial charge >= 0.3 is 5.97 Å². The molecule has 0 unspecified atom stereocenters. The van der Waals surface area contributed by atoms with Crippen LogP contribution in [-0.2, 0) is 4.74 Å². The summed E-state index contributed by atoms with van der Waals surface area (Å²) in [5.41, 5.74) is 0.659. The molecule has 0 saturated heterocycles. The third-order valence-corrected chi connectivity index (χ3v) is 2.54. The zero-order chi connectivity index (χ0) is 13.3. The smallest absolute Gasteiger partial charge is 0.356 e. The van der Waals surface area contributed by atoms with E-state index >= 15 is 0 Å². The van der Waals surface area contributed by atoms with Gasteiger partial charge in [0.2, 0.25) is 0 Å². The van der Waals surface area contributed by atoms with E-state index in [4.69, 9.17) is 0 Å². The number of pyridine rings is 1. The lowest BCUT2D eigenvalue weighted by Gasteiger charge is -2.06. The number of hydrogen-bond donors (Lipinski definition) is 0. The first-order valence-electron chi connectivity index (χ1n) is 5.22. The minimum atomic E-state index is -0.635. The quantitative estimate of drug-likeness (QED) is 0.603. The first kappa shape index (κ1) is 12.2. The molecule has 0 radical (unpaired) electrons. The molecule has 92 valence electrons. The molecular formula is C13H10FNO3. The van der Waals surface area contributed by atoms with Gasteiger partial charge in [-0.15, -0.1) is 0 Å². The van der Waals surface area contributed by atoms with Crippen LogP contribution in [0.2, 0.25) is 0 Å². The standard InChI is InChI=1S/C13H10FNO3/c1-7(16)9-6-12(13(17)18-2)15-11-4-3-8(14)5-10(9)11/h3-6H,1-2H3. The summed E-state index contributed by atoms with van der Waals surface area (Å²) in [6, 6.07) is 5.18. The second-order valence-electron chi connectivity index (χ2n) is 3.76. The fourth-order valence-corrected chi connectivity index (χ4v) is 1.70. The van der Waals surface area contributed by atoms with E-state index in [0.717, 1.165) is 0 Å². The number of ketones is 1. The summed E-state index contributed by atoms with van der Waals surface area (Å²) < 4.78 is 17.7. The minimum absolute atomic E-state index is 0.0295. The summed E-state index contributed by atoms with van der Waals surface area (Å²) in [7, 11) is 1.23. The molecule has 0 fully saturated rings. The maximum atomic E-state index is 13.2. The third-order valence-electron chi connectivity index (χ3n) is 2.54. The Morgan fingerprint density at radius 3 is 2.61 bits per heavy atom. The molecule has 1 aromatic carbocycles. The number of rotatable bonds is 2. The molecule has 0 amide bonds. The fraction of sp³-hybridized carbons (Fsp3) is 0.154. The van der Waals surface area contributed by atoms with E-state index in [0.29, 0.717) is 10.9 Å². The molecule has 0 atom stereocenters. The predicted octanol–water partition coefficient (Wildman–Crippen LogP) is 2.36. The van der Waals surface area contributed by atoms with Crippen molar-refractivity contribution >= 4 is 22.7 Å². The average molecular weight is 247 g/mol. The molecular weight excluding hydrogens is 237 g/mol. The molecule has 0 aliphatic heterocycles. The first-order valence-corrected chi connectivity index (χ1v) is 5.22. The molecule has 0 saturated carbocycles. The van der Waals surface area contributed by atoms with Gasteiger partial charge in [0.1, 0.15) is 11.5 Å². The maximum Gasteiger partial charge on any atom is 0.356 e. The summed E-state index contributed by atoms with van der Waals surface area (Å²) in [5.74, 6) is -1.36. The van der Waals surface area contributed by atoms with Crippen LogP contribution in [0.4, 0.5) is 4.39 Å². The van der Waals surface area contributed by atoms with E-state index < -0.39 is 11.8 Å². The van der Waals surface area contributed by atoms with Crippen molar-refractivity contribution in [1.29, 1.82) is 0 Å². The summed E-state index contributed by atoms with van der Waals surface area (Å²) in [5, 5.41) is 0.384. The molecule has 18 heavy (non-hydrogen) atoms. The van der Waals surface area contributed by atoms with Crippen LogP contribution in [0.5, 0.6) is 0 Å². The van der Waals surface area contributed by atoms with E-state index in [1.807, 2.05) is 0 Å². The van der Waals surface area contributed by atoms with E-state index in [2.05, 4.69) is 9.72 Å². The fourth-order valence-electron chi connectivity index (χ4n) is 1.70. The van der Waals surface area contributed by atoms with Crippen LogP contribution in [0.1, 0.15) is 27.8 Å². The Morgan fingerprint density at radius 1 is 1.28 bits per heavy atom. The van der Waals surface area contributed by atoms with Crippen molar-refractivity contribution in [3.05, 3.63) is 41.3 Å². The highest BCUT2D eigenvalue weighted by molar-refractivity contribution is 6.08. The molecule has 2 rings (SSSR count). The Hall–Kier alpha value is -2.30. The topological polar surface area (TPSA) is 56.3 Å². The molecule has 0 aliphatic rings. The molecule has 5 heteroatoms. The Bertz CT molecular complexity index is 652. The number of esters is 1. The second-order valence-corrected chi connectivity index (χ2v) is 3.76. The molecule has 0 bridgehead atoms.